The molecular weight excluding hydrogens is 458 g/mol. The number of carbonyl (C=O) groups excluding carboxylic acids is 3. The zero-order valence-corrected chi connectivity index (χ0v) is 21.5. The van der Waals surface area contributed by atoms with Gasteiger partial charge in [-0.05, 0) is 57.6 Å². The number of alkyl carbamates (subject to hydrolysis) is 1. The zero-order chi connectivity index (χ0) is 26.1. The fraction of sp³-hybridized carbons (Fsp3) is 0.464. The Labute approximate surface area is 213 Å². The van der Waals surface area contributed by atoms with Gasteiger partial charge in [-0.15, -0.1) is 0 Å². The summed E-state index contributed by atoms with van der Waals surface area (Å²) in [6, 6.07) is 19.1. The Hall–Kier alpha value is -3.23. The van der Waals surface area contributed by atoms with E-state index in [1.165, 1.54) is 10.6 Å². The Morgan fingerprint density at radius 3 is 2.11 bits per heavy atom. The molecule has 3 atom stereocenters. The first kappa shape index (κ1) is 27.4. The molecule has 8 heteroatoms. The average Bonchev–Trinajstić information content (AvgIpc) is 3.62. The summed E-state index contributed by atoms with van der Waals surface area (Å²) in [6.07, 6.45) is 1.00. The molecule has 2 aromatic rings. The second-order valence-electron chi connectivity index (χ2n) is 9.93. The van der Waals surface area contributed by atoms with Crippen molar-refractivity contribution in [2.75, 3.05) is 6.54 Å². The van der Waals surface area contributed by atoms with Gasteiger partial charge in [-0.2, -0.15) is 0 Å². The molecule has 1 heterocycles. The molecule has 8 nitrogen and oxygen atoms in total. The fourth-order valence-corrected chi connectivity index (χ4v) is 3.83. The van der Waals surface area contributed by atoms with Crippen LogP contribution in [0.15, 0.2) is 60.7 Å². The number of carbonyl (C=O) groups is 3. The maximum absolute atomic E-state index is 13.3. The van der Waals surface area contributed by atoms with Gasteiger partial charge in [-0.3, -0.25) is 19.9 Å². The van der Waals surface area contributed by atoms with Gasteiger partial charge in [0, 0.05) is 6.54 Å². The van der Waals surface area contributed by atoms with Gasteiger partial charge in [0.1, 0.15) is 11.6 Å². The number of hydrazine groups is 1. The van der Waals surface area contributed by atoms with E-state index in [4.69, 9.17) is 9.47 Å². The van der Waals surface area contributed by atoms with Gasteiger partial charge in [0.25, 0.3) is 5.91 Å². The number of hydrogen-bond acceptors (Lipinski definition) is 6. The van der Waals surface area contributed by atoms with Gasteiger partial charge in [0.15, 0.2) is 6.10 Å². The standard InChI is InChI=1S/C28H37N3O5/c1-5-22(25(32)29-27(34)36-28(2,3)4)30-31(19-18-21-14-10-7-11-15-21)26(33)24-23(35-24)17-16-20-12-8-6-9-13-20/h6-15,22-24,30H,5,16-19H2,1-4H3,(H,29,32,34)/t22?,23-,24+/m0/s1. The van der Waals surface area contributed by atoms with Crippen LogP contribution in [0.3, 0.4) is 0 Å². The molecule has 3 rings (SSSR count). The first-order valence-corrected chi connectivity index (χ1v) is 12.5. The van der Waals surface area contributed by atoms with E-state index in [1.54, 1.807) is 20.8 Å². The average molecular weight is 496 g/mol. The highest BCUT2D eigenvalue weighted by atomic mass is 16.6. The van der Waals surface area contributed by atoms with Crippen LogP contribution in [0.4, 0.5) is 4.79 Å². The Morgan fingerprint density at radius 1 is 0.972 bits per heavy atom. The highest BCUT2D eigenvalue weighted by Gasteiger charge is 2.47. The molecule has 1 saturated heterocycles. The van der Waals surface area contributed by atoms with Crippen LogP contribution in [0, 0.1) is 0 Å². The molecule has 36 heavy (non-hydrogen) atoms. The molecule has 0 saturated carbocycles. The van der Waals surface area contributed by atoms with Crippen molar-refractivity contribution in [1.29, 1.82) is 0 Å². The summed E-state index contributed by atoms with van der Waals surface area (Å²) < 4.78 is 10.9. The van der Waals surface area contributed by atoms with E-state index >= 15 is 0 Å². The number of hydrogen-bond donors (Lipinski definition) is 2. The molecule has 0 radical (unpaired) electrons. The summed E-state index contributed by atoms with van der Waals surface area (Å²) in [5.41, 5.74) is 4.58. The van der Waals surface area contributed by atoms with Crippen molar-refractivity contribution < 1.29 is 23.9 Å². The molecule has 1 aliphatic heterocycles. The van der Waals surface area contributed by atoms with E-state index in [1.807, 2.05) is 55.5 Å². The molecule has 0 aromatic heterocycles. The number of rotatable bonds is 11. The Kier molecular flexibility index (Phi) is 9.61. The molecule has 194 valence electrons. The summed E-state index contributed by atoms with van der Waals surface area (Å²) in [5, 5.41) is 3.73. The van der Waals surface area contributed by atoms with Gasteiger partial charge < -0.3 is 9.47 Å². The predicted octanol–water partition coefficient (Wildman–Crippen LogP) is 3.79. The van der Waals surface area contributed by atoms with Crippen molar-refractivity contribution >= 4 is 17.9 Å². The molecule has 2 aromatic carbocycles. The van der Waals surface area contributed by atoms with Crippen LogP contribution in [0.2, 0.25) is 0 Å². The Morgan fingerprint density at radius 2 is 1.56 bits per heavy atom. The number of nitrogens with one attached hydrogen (secondary N) is 2. The number of benzene rings is 2. The molecule has 1 unspecified atom stereocenters. The van der Waals surface area contributed by atoms with E-state index in [0.29, 0.717) is 19.4 Å². The molecule has 1 fully saturated rings. The summed E-state index contributed by atoms with van der Waals surface area (Å²) in [4.78, 5) is 38.2. The molecule has 0 aliphatic carbocycles. The lowest BCUT2D eigenvalue weighted by molar-refractivity contribution is -0.138. The minimum atomic E-state index is -0.818. The van der Waals surface area contributed by atoms with Crippen LogP contribution < -0.4 is 10.7 Å². The zero-order valence-electron chi connectivity index (χ0n) is 21.5. The van der Waals surface area contributed by atoms with Crippen LogP contribution in [0.25, 0.3) is 0 Å². The minimum absolute atomic E-state index is 0.158. The predicted molar refractivity (Wildman–Crippen MR) is 137 cm³/mol. The number of nitrogens with zero attached hydrogens (tertiary/aromatic N) is 1. The van der Waals surface area contributed by atoms with Crippen molar-refractivity contribution in [3.05, 3.63) is 71.8 Å². The van der Waals surface area contributed by atoms with Crippen LogP contribution in [0.1, 0.15) is 51.7 Å². The highest BCUT2D eigenvalue weighted by molar-refractivity contribution is 5.95. The van der Waals surface area contributed by atoms with Gasteiger partial charge in [-0.25, -0.2) is 10.2 Å². The SMILES string of the molecule is CCC(NN(CCc1ccccc1)C(=O)[C@@H]1O[C@H]1CCc1ccccc1)C(=O)NC(=O)OC(C)(C)C. The monoisotopic (exact) mass is 495 g/mol. The van der Waals surface area contributed by atoms with Crippen LogP contribution >= 0.6 is 0 Å². The van der Waals surface area contributed by atoms with Crippen LogP contribution in [-0.2, 0) is 31.9 Å². The molecule has 3 amide bonds. The smallest absolute Gasteiger partial charge is 0.414 e. The summed E-state index contributed by atoms with van der Waals surface area (Å²) in [5.74, 6) is -0.769. The van der Waals surface area contributed by atoms with Crippen molar-refractivity contribution in [3.63, 3.8) is 0 Å². The van der Waals surface area contributed by atoms with Crippen molar-refractivity contribution in [2.45, 2.75) is 77.2 Å². The van der Waals surface area contributed by atoms with E-state index in [2.05, 4.69) is 22.9 Å². The molecule has 2 N–H and O–H groups in total. The Bertz CT molecular complexity index is 1010. The fourth-order valence-electron chi connectivity index (χ4n) is 3.83. The first-order chi connectivity index (χ1) is 17.2. The third-order valence-corrected chi connectivity index (χ3v) is 5.78. The highest BCUT2D eigenvalue weighted by Crippen LogP contribution is 2.28. The van der Waals surface area contributed by atoms with Gasteiger partial charge in [-0.1, -0.05) is 67.6 Å². The lowest BCUT2D eigenvalue weighted by Crippen LogP contribution is -2.56. The first-order valence-electron chi connectivity index (χ1n) is 12.5. The number of ether oxygens (including phenoxy) is 2. The van der Waals surface area contributed by atoms with E-state index in [0.717, 1.165) is 18.4 Å². The number of epoxide rings is 1. The van der Waals surface area contributed by atoms with Crippen molar-refractivity contribution in [3.8, 4) is 0 Å². The number of aryl methyl sites for hydroxylation is 1. The largest absolute Gasteiger partial charge is 0.444 e. The van der Waals surface area contributed by atoms with E-state index in [-0.39, 0.29) is 12.0 Å². The van der Waals surface area contributed by atoms with E-state index in [9.17, 15) is 14.4 Å². The minimum Gasteiger partial charge on any atom is -0.444 e. The van der Waals surface area contributed by atoms with E-state index < -0.39 is 29.7 Å². The molecular formula is C28H37N3O5. The number of amides is 3. The lowest BCUT2D eigenvalue weighted by atomic mass is 10.1. The maximum Gasteiger partial charge on any atom is 0.414 e. The molecule has 1 aliphatic rings. The van der Waals surface area contributed by atoms with Crippen molar-refractivity contribution in [2.24, 2.45) is 0 Å². The summed E-state index contributed by atoms with van der Waals surface area (Å²) in [6.45, 7) is 7.33. The van der Waals surface area contributed by atoms with Crippen LogP contribution in [-0.4, -0.2) is 53.3 Å². The van der Waals surface area contributed by atoms with Crippen LogP contribution in [0.5, 0.6) is 0 Å². The van der Waals surface area contributed by atoms with Gasteiger partial charge >= 0.3 is 6.09 Å². The summed E-state index contributed by atoms with van der Waals surface area (Å²) >= 11 is 0. The normalized spacial score (nSPS) is 17.7. The second kappa shape index (κ2) is 12.6. The second-order valence-corrected chi connectivity index (χ2v) is 9.93. The van der Waals surface area contributed by atoms with Gasteiger partial charge in [0.05, 0.1) is 6.10 Å². The molecule has 0 spiro atoms. The third kappa shape index (κ3) is 8.77. The van der Waals surface area contributed by atoms with Crippen molar-refractivity contribution in [1.82, 2.24) is 15.8 Å². The van der Waals surface area contributed by atoms with Gasteiger partial charge in [0.2, 0.25) is 5.91 Å². The lowest BCUT2D eigenvalue weighted by Gasteiger charge is -2.28. The molecule has 0 bridgehead atoms. The topological polar surface area (TPSA) is 100 Å². The summed E-state index contributed by atoms with van der Waals surface area (Å²) in [7, 11) is 0. The third-order valence-electron chi connectivity index (χ3n) is 5.78. The quantitative estimate of drug-likeness (QED) is 0.363. The number of imide groups is 1. The Balaban J connectivity index is 1.62. The maximum atomic E-state index is 13.3.